The summed E-state index contributed by atoms with van der Waals surface area (Å²) in [5.41, 5.74) is 0. The van der Waals surface area contributed by atoms with Crippen LogP contribution in [0, 0.1) is 0 Å². The highest BCUT2D eigenvalue weighted by molar-refractivity contribution is 5.74. The minimum atomic E-state index is -0.238. The number of carbonyl (C=O) groups excluding carboxylic acids is 1. The van der Waals surface area contributed by atoms with Gasteiger partial charge in [0, 0.05) is 12.4 Å². The van der Waals surface area contributed by atoms with Gasteiger partial charge in [-0.2, -0.15) is 0 Å². The Morgan fingerprint density at radius 2 is 2.36 bits per heavy atom. The smallest absolute Gasteiger partial charge is 0.333 e. The van der Waals surface area contributed by atoms with Crippen LogP contribution in [-0.2, 0) is 11.3 Å². The van der Waals surface area contributed by atoms with Gasteiger partial charge < -0.3 is 4.74 Å². The summed E-state index contributed by atoms with van der Waals surface area (Å²) in [5.74, 6) is -0.238. The highest BCUT2D eigenvalue weighted by Crippen LogP contribution is 2.13. The van der Waals surface area contributed by atoms with Gasteiger partial charge in [0.2, 0.25) is 0 Å². The summed E-state index contributed by atoms with van der Waals surface area (Å²) >= 11 is 0. The normalized spacial score (nSPS) is 13.1. The van der Waals surface area contributed by atoms with E-state index in [4.69, 9.17) is 0 Å². The van der Waals surface area contributed by atoms with E-state index in [1.165, 1.54) is 0 Å². The van der Waals surface area contributed by atoms with Crippen LogP contribution >= 0.6 is 0 Å². The Morgan fingerprint density at radius 1 is 1.64 bits per heavy atom. The second-order valence-corrected chi connectivity index (χ2v) is 1.81. The van der Waals surface area contributed by atoms with Crippen molar-refractivity contribution in [1.82, 2.24) is 9.55 Å². The van der Waals surface area contributed by atoms with E-state index in [1.807, 2.05) is 13.8 Å². The van der Waals surface area contributed by atoms with Gasteiger partial charge in [0.25, 0.3) is 0 Å². The molecule has 2 rings (SSSR count). The van der Waals surface area contributed by atoms with E-state index in [2.05, 4.69) is 9.72 Å². The molecule has 60 valence electrons. The van der Waals surface area contributed by atoms with Crippen molar-refractivity contribution >= 4 is 5.97 Å². The maximum atomic E-state index is 10.5. The third-order valence-electron chi connectivity index (χ3n) is 1.18. The summed E-state index contributed by atoms with van der Waals surface area (Å²) in [6.45, 7) is 4.30. The SMILES string of the molecule is CC.O=C1Cn2ccnc2O1. The van der Waals surface area contributed by atoms with Crippen LogP contribution in [-0.4, -0.2) is 15.5 Å². The first kappa shape index (κ1) is 7.78. The lowest BCUT2D eigenvalue weighted by Gasteiger charge is -1.83. The van der Waals surface area contributed by atoms with Gasteiger partial charge in [-0.15, -0.1) is 0 Å². The predicted molar refractivity (Wildman–Crippen MR) is 39.2 cm³/mol. The molecule has 1 aromatic rings. The van der Waals surface area contributed by atoms with Crippen molar-refractivity contribution in [2.45, 2.75) is 20.4 Å². The molecule has 1 aliphatic rings. The molecule has 2 heterocycles. The fraction of sp³-hybridized carbons (Fsp3) is 0.429. The molecule has 11 heavy (non-hydrogen) atoms. The quantitative estimate of drug-likeness (QED) is 0.520. The number of rotatable bonds is 0. The molecule has 4 heteroatoms. The van der Waals surface area contributed by atoms with Crippen LogP contribution in [0.3, 0.4) is 0 Å². The van der Waals surface area contributed by atoms with Crippen LogP contribution in [0.1, 0.15) is 13.8 Å². The molecule has 0 bridgehead atoms. The van der Waals surface area contributed by atoms with Crippen LogP contribution in [0.25, 0.3) is 0 Å². The molecule has 0 amide bonds. The summed E-state index contributed by atoms with van der Waals surface area (Å²) in [4.78, 5) is 14.2. The van der Waals surface area contributed by atoms with E-state index in [0.29, 0.717) is 12.6 Å². The van der Waals surface area contributed by atoms with Gasteiger partial charge in [0.1, 0.15) is 6.54 Å². The second-order valence-electron chi connectivity index (χ2n) is 1.81. The summed E-state index contributed by atoms with van der Waals surface area (Å²) < 4.78 is 6.31. The summed E-state index contributed by atoms with van der Waals surface area (Å²) in [6.07, 6.45) is 3.31. The van der Waals surface area contributed by atoms with Crippen LogP contribution < -0.4 is 4.74 Å². The molecule has 0 atom stereocenters. The van der Waals surface area contributed by atoms with E-state index in [1.54, 1.807) is 17.0 Å². The minimum absolute atomic E-state index is 0.238. The number of nitrogens with zero attached hydrogens (tertiary/aromatic N) is 2. The van der Waals surface area contributed by atoms with Crippen molar-refractivity contribution in [3.05, 3.63) is 12.4 Å². The Bertz CT molecular complexity index is 232. The highest BCUT2D eigenvalue weighted by Gasteiger charge is 2.19. The molecule has 4 nitrogen and oxygen atoms in total. The first-order valence-electron chi connectivity index (χ1n) is 3.58. The van der Waals surface area contributed by atoms with Gasteiger partial charge in [-0.05, 0) is 0 Å². The van der Waals surface area contributed by atoms with Crippen molar-refractivity contribution in [2.24, 2.45) is 0 Å². The van der Waals surface area contributed by atoms with Crippen molar-refractivity contribution in [3.63, 3.8) is 0 Å². The topological polar surface area (TPSA) is 44.1 Å². The minimum Gasteiger partial charge on any atom is -0.391 e. The molecule has 1 aromatic heterocycles. The Kier molecular flexibility index (Phi) is 2.25. The molecule has 0 aromatic carbocycles. The van der Waals surface area contributed by atoms with Gasteiger partial charge in [0.15, 0.2) is 0 Å². The molecule has 0 radical (unpaired) electrons. The van der Waals surface area contributed by atoms with E-state index in [0.717, 1.165) is 0 Å². The third kappa shape index (κ3) is 1.39. The average Bonchev–Trinajstić information content (AvgIpc) is 2.51. The van der Waals surface area contributed by atoms with E-state index < -0.39 is 0 Å². The summed E-state index contributed by atoms with van der Waals surface area (Å²) in [7, 11) is 0. The largest absolute Gasteiger partial charge is 0.391 e. The lowest BCUT2D eigenvalue weighted by Crippen LogP contribution is -2.02. The highest BCUT2D eigenvalue weighted by atomic mass is 16.6. The zero-order valence-corrected chi connectivity index (χ0v) is 6.57. The van der Waals surface area contributed by atoms with Crippen molar-refractivity contribution in [3.8, 4) is 6.01 Å². The fourth-order valence-corrected chi connectivity index (χ4v) is 0.794. The van der Waals surface area contributed by atoms with Crippen LogP contribution in [0.5, 0.6) is 6.01 Å². The van der Waals surface area contributed by atoms with Gasteiger partial charge in [-0.25, -0.2) is 9.78 Å². The standard InChI is InChI=1S/C5H4N2O2.C2H6/c8-4-3-7-2-1-6-5(7)9-4;1-2/h1-2H,3H2;1-2H3. The molecular weight excluding hydrogens is 144 g/mol. The third-order valence-corrected chi connectivity index (χ3v) is 1.18. The first-order chi connectivity index (χ1) is 5.36. The van der Waals surface area contributed by atoms with Crippen molar-refractivity contribution in [2.75, 3.05) is 0 Å². The molecule has 0 saturated carbocycles. The Labute approximate surface area is 64.8 Å². The van der Waals surface area contributed by atoms with E-state index in [9.17, 15) is 4.79 Å². The van der Waals surface area contributed by atoms with Crippen molar-refractivity contribution < 1.29 is 9.53 Å². The van der Waals surface area contributed by atoms with Gasteiger partial charge in [-0.3, -0.25) is 4.57 Å². The fourth-order valence-electron chi connectivity index (χ4n) is 0.794. The summed E-state index contributed by atoms with van der Waals surface area (Å²) in [5, 5.41) is 0. The predicted octanol–water partition coefficient (Wildman–Crippen LogP) is 0.828. The van der Waals surface area contributed by atoms with Crippen LogP contribution in [0.15, 0.2) is 12.4 Å². The van der Waals surface area contributed by atoms with Gasteiger partial charge in [-0.1, -0.05) is 13.8 Å². The van der Waals surface area contributed by atoms with Gasteiger partial charge in [0.05, 0.1) is 0 Å². The Balaban J connectivity index is 0.000000281. The molecule has 0 spiro atoms. The van der Waals surface area contributed by atoms with Gasteiger partial charge >= 0.3 is 12.0 Å². The number of ether oxygens (including phenoxy) is 1. The molecular formula is C7H10N2O2. The average molecular weight is 154 g/mol. The molecule has 0 N–H and O–H groups in total. The number of hydrogen-bond donors (Lipinski definition) is 0. The van der Waals surface area contributed by atoms with Crippen LogP contribution in [0.2, 0.25) is 0 Å². The number of imidazole rings is 1. The van der Waals surface area contributed by atoms with Crippen LogP contribution in [0.4, 0.5) is 0 Å². The molecule has 0 saturated heterocycles. The lowest BCUT2D eigenvalue weighted by molar-refractivity contribution is -0.132. The number of carbonyl (C=O) groups is 1. The lowest BCUT2D eigenvalue weighted by atomic mass is 10.7. The molecule has 0 fully saturated rings. The maximum absolute atomic E-state index is 10.5. The monoisotopic (exact) mass is 154 g/mol. The zero-order valence-electron chi connectivity index (χ0n) is 6.57. The molecule has 1 aliphatic heterocycles. The Hall–Kier alpha value is -1.32. The number of esters is 1. The zero-order chi connectivity index (χ0) is 8.27. The molecule has 0 aliphatic carbocycles. The number of fused-ring (bicyclic) bond motifs is 1. The maximum Gasteiger partial charge on any atom is 0.333 e. The number of aromatic nitrogens is 2. The first-order valence-corrected chi connectivity index (χ1v) is 3.58. The van der Waals surface area contributed by atoms with E-state index >= 15 is 0 Å². The van der Waals surface area contributed by atoms with E-state index in [-0.39, 0.29) is 5.97 Å². The summed E-state index contributed by atoms with van der Waals surface area (Å²) in [6, 6.07) is 0.403. The number of hydrogen-bond acceptors (Lipinski definition) is 3. The van der Waals surface area contributed by atoms with Crippen molar-refractivity contribution in [1.29, 1.82) is 0 Å². The Morgan fingerprint density at radius 3 is 3.00 bits per heavy atom. The second kappa shape index (κ2) is 3.18. The molecule has 0 unspecified atom stereocenters.